The molecule has 1 atom stereocenters. The van der Waals surface area contributed by atoms with E-state index in [1.807, 2.05) is 65.2 Å². The van der Waals surface area contributed by atoms with Crippen molar-refractivity contribution in [3.05, 3.63) is 89.6 Å². The Hall–Kier alpha value is -3.73. The van der Waals surface area contributed by atoms with Crippen LogP contribution in [0.5, 0.6) is 11.5 Å². The number of anilines is 1. The van der Waals surface area contributed by atoms with E-state index in [4.69, 9.17) is 9.47 Å². The number of aryl methyl sites for hydroxylation is 1. The number of aromatic nitrogens is 1. The van der Waals surface area contributed by atoms with Crippen LogP contribution in [-0.2, 0) is 6.42 Å². The Kier molecular flexibility index (Phi) is 6.49. The van der Waals surface area contributed by atoms with Crippen molar-refractivity contribution in [2.45, 2.75) is 39.2 Å². The number of fused-ring (bicyclic) bond motifs is 2. The summed E-state index contributed by atoms with van der Waals surface area (Å²) < 4.78 is 14.0. The molecule has 4 aromatic rings. The van der Waals surface area contributed by atoms with Gasteiger partial charge in [0.15, 0.2) is 0 Å². The SMILES string of the molecule is CCCCc1c(C)n(C(=O)c2ccc(OC[C@@H]3CN(C)c4ccccc4O3)cc2)c2ccccc12. The van der Waals surface area contributed by atoms with Crippen molar-refractivity contribution in [3.8, 4) is 11.5 Å². The summed E-state index contributed by atoms with van der Waals surface area (Å²) in [6.45, 7) is 5.45. The summed E-state index contributed by atoms with van der Waals surface area (Å²) in [4.78, 5) is 15.7. The molecule has 0 aliphatic carbocycles. The molecule has 0 saturated heterocycles. The predicted octanol–water partition coefficient (Wildman–Crippen LogP) is 6.26. The molecule has 35 heavy (non-hydrogen) atoms. The van der Waals surface area contributed by atoms with Crippen LogP contribution < -0.4 is 14.4 Å². The summed E-state index contributed by atoms with van der Waals surface area (Å²) in [5, 5.41) is 1.17. The maximum absolute atomic E-state index is 13.5. The van der Waals surface area contributed by atoms with Crippen LogP contribution in [-0.4, -0.2) is 36.8 Å². The first-order chi connectivity index (χ1) is 17.1. The summed E-state index contributed by atoms with van der Waals surface area (Å²) in [6.07, 6.45) is 3.16. The highest BCUT2D eigenvalue weighted by Crippen LogP contribution is 2.32. The van der Waals surface area contributed by atoms with Crippen molar-refractivity contribution in [2.24, 2.45) is 0 Å². The zero-order valence-corrected chi connectivity index (χ0v) is 20.7. The molecule has 0 spiro atoms. The van der Waals surface area contributed by atoms with E-state index in [0.29, 0.717) is 12.2 Å². The van der Waals surface area contributed by atoms with Crippen LogP contribution in [0.4, 0.5) is 5.69 Å². The summed E-state index contributed by atoms with van der Waals surface area (Å²) >= 11 is 0. The molecule has 0 fully saturated rings. The smallest absolute Gasteiger partial charge is 0.262 e. The molecule has 5 heteroatoms. The normalized spacial score (nSPS) is 15.1. The second-order valence-electron chi connectivity index (χ2n) is 9.25. The zero-order chi connectivity index (χ0) is 24.4. The van der Waals surface area contributed by atoms with Gasteiger partial charge in [0, 0.05) is 23.7 Å². The van der Waals surface area contributed by atoms with E-state index in [1.54, 1.807) is 0 Å². The Balaban J connectivity index is 1.30. The van der Waals surface area contributed by atoms with Gasteiger partial charge in [-0.1, -0.05) is 43.7 Å². The van der Waals surface area contributed by atoms with Gasteiger partial charge in [-0.2, -0.15) is 0 Å². The van der Waals surface area contributed by atoms with E-state index in [0.717, 1.165) is 54.2 Å². The molecule has 0 saturated carbocycles. The first-order valence-corrected chi connectivity index (χ1v) is 12.4. The predicted molar refractivity (Wildman–Crippen MR) is 141 cm³/mol. The van der Waals surface area contributed by atoms with Gasteiger partial charge in [-0.15, -0.1) is 0 Å². The lowest BCUT2D eigenvalue weighted by atomic mass is 10.1. The molecule has 0 unspecified atom stereocenters. The van der Waals surface area contributed by atoms with Crippen molar-refractivity contribution in [3.63, 3.8) is 0 Å². The molecule has 0 N–H and O–H groups in total. The molecule has 5 rings (SSSR count). The molecular formula is C30H32N2O3. The summed E-state index contributed by atoms with van der Waals surface area (Å²) in [5.74, 6) is 1.59. The van der Waals surface area contributed by atoms with Crippen molar-refractivity contribution >= 4 is 22.5 Å². The average molecular weight is 469 g/mol. The van der Waals surface area contributed by atoms with Gasteiger partial charge in [-0.25, -0.2) is 0 Å². The fourth-order valence-electron chi connectivity index (χ4n) is 4.96. The van der Waals surface area contributed by atoms with Crippen LogP contribution >= 0.6 is 0 Å². The van der Waals surface area contributed by atoms with E-state index in [-0.39, 0.29) is 12.0 Å². The van der Waals surface area contributed by atoms with E-state index in [1.165, 1.54) is 10.9 Å². The minimum atomic E-state index is -0.0633. The molecular weight excluding hydrogens is 436 g/mol. The number of para-hydroxylation sites is 3. The number of hydrogen-bond donors (Lipinski definition) is 0. The molecule has 0 bridgehead atoms. The highest BCUT2D eigenvalue weighted by atomic mass is 16.5. The fraction of sp³-hybridized carbons (Fsp3) is 0.300. The Morgan fingerprint density at radius 2 is 1.77 bits per heavy atom. The highest BCUT2D eigenvalue weighted by molar-refractivity contribution is 6.04. The Labute approximate surface area is 206 Å². The number of carbonyl (C=O) groups is 1. The maximum Gasteiger partial charge on any atom is 0.262 e. The highest BCUT2D eigenvalue weighted by Gasteiger charge is 2.24. The quantitative estimate of drug-likeness (QED) is 0.321. The van der Waals surface area contributed by atoms with E-state index >= 15 is 0 Å². The minimum absolute atomic E-state index is 0.0122. The maximum atomic E-state index is 13.5. The van der Waals surface area contributed by atoms with Gasteiger partial charge < -0.3 is 14.4 Å². The van der Waals surface area contributed by atoms with Crippen molar-refractivity contribution in [1.29, 1.82) is 0 Å². The third kappa shape index (κ3) is 4.51. The van der Waals surface area contributed by atoms with Crippen LogP contribution in [0, 0.1) is 6.92 Å². The number of unbranched alkanes of at least 4 members (excludes halogenated alkanes) is 1. The fourth-order valence-corrected chi connectivity index (χ4v) is 4.96. The number of rotatable bonds is 7. The zero-order valence-electron chi connectivity index (χ0n) is 20.7. The topological polar surface area (TPSA) is 43.7 Å². The molecule has 2 heterocycles. The molecule has 0 radical (unpaired) electrons. The molecule has 1 aliphatic rings. The van der Waals surface area contributed by atoms with Crippen LogP contribution in [0.2, 0.25) is 0 Å². The first-order valence-electron chi connectivity index (χ1n) is 12.4. The largest absolute Gasteiger partial charge is 0.490 e. The Morgan fingerprint density at radius 3 is 2.57 bits per heavy atom. The van der Waals surface area contributed by atoms with E-state index in [2.05, 4.69) is 37.9 Å². The monoisotopic (exact) mass is 468 g/mol. The van der Waals surface area contributed by atoms with E-state index in [9.17, 15) is 4.79 Å². The molecule has 0 amide bonds. The molecule has 180 valence electrons. The van der Waals surface area contributed by atoms with Crippen LogP contribution in [0.1, 0.15) is 41.4 Å². The van der Waals surface area contributed by atoms with Gasteiger partial charge >= 0.3 is 0 Å². The minimum Gasteiger partial charge on any atom is -0.490 e. The van der Waals surface area contributed by atoms with Crippen molar-refractivity contribution < 1.29 is 14.3 Å². The molecule has 1 aliphatic heterocycles. The molecule has 5 nitrogen and oxygen atoms in total. The standard InChI is InChI=1S/C30H32N2O3/c1-4-5-10-25-21(2)32(27-12-7-6-11-26(25)27)30(33)22-15-17-23(18-16-22)34-20-24-19-31(3)28-13-8-9-14-29(28)35-24/h6-9,11-18,24H,4-5,10,19-20H2,1-3H3/t24-/m0/s1. The number of nitrogens with zero attached hydrogens (tertiary/aromatic N) is 2. The second kappa shape index (κ2) is 9.87. The summed E-state index contributed by atoms with van der Waals surface area (Å²) in [7, 11) is 2.06. The first kappa shape index (κ1) is 23.0. The summed E-state index contributed by atoms with van der Waals surface area (Å²) in [5.41, 5.74) is 5.02. The van der Waals surface area contributed by atoms with Gasteiger partial charge in [0.05, 0.1) is 17.7 Å². The lowest BCUT2D eigenvalue weighted by Crippen LogP contribution is -2.41. The van der Waals surface area contributed by atoms with E-state index < -0.39 is 0 Å². The van der Waals surface area contributed by atoms with Gasteiger partial charge in [-0.05, 0) is 67.8 Å². The number of benzene rings is 3. The van der Waals surface area contributed by atoms with Gasteiger partial charge in [0.1, 0.15) is 24.2 Å². The number of hydrogen-bond acceptors (Lipinski definition) is 4. The van der Waals surface area contributed by atoms with Crippen molar-refractivity contribution in [1.82, 2.24) is 4.57 Å². The number of carbonyl (C=O) groups excluding carboxylic acids is 1. The third-order valence-corrected chi connectivity index (χ3v) is 6.81. The van der Waals surface area contributed by atoms with Gasteiger partial charge in [-0.3, -0.25) is 9.36 Å². The summed E-state index contributed by atoms with van der Waals surface area (Å²) in [6, 6.07) is 23.7. The molecule has 3 aromatic carbocycles. The average Bonchev–Trinajstić information content (AvgIpc) is 3.17. The van der Waals surface area contributed by atoms with Crippen LogP contribution in [0.3, 0.4) is 0 Å². The molecule has 1 aromatic heterocycles. The van der Waals surface area contributed by atoms with Crippen molar-refractivity contribution in [2.75, 3.05) is 25.1 Å². The number of ether oxygens (including phenoxy) is 2. The van der Waals surface area contributed by atoms with Crippen LogP contribution in [0.15, 0.2) is 72.8 Å². The lowest BCUT2D eigenvalue weighted by molar-refractivity contribution is 0.0962. The Bertz CT molecular complexity index is 1340. The lowest BCUT2D eigenvalue weighted by Gasteiger charge is -2.33. The second-order valence-corrected chi connectivity index (χ2v) is 9.25. The van der Waals surface area contributed by atoms with Gasteiger partial charge in [0.2, 0.25) is 0 Å². The van der Waals surface area contributed by atoms with Crippen LogP contribution in [0.25, 0.3) is 10.9 Å². The number of likely N-dealkylation sites (N-methyl/N-ethyl adjacent to an activating group) is 1. The Morgan fingerprint density at radius 1 is 1.03 bits per heavy atom. The third-order valence-electron chi connectivity index (χ3n) is 6.81. The van der Waals surface area contributed by atoms with Gasteiger partial charge in [0.25, 0.3) is 5.91 Å².